The highest BCUT2D eigenvalue weighted by molar-refractivity contribution is 9.10. The minimum Gasteiger partial charge on any atom is -0.472 e. The predicted molar refractivity (Wildman–Crippen MR) is 99.1 cm³/mol. The van der Waals surface area contributed by atoms with Crippen molar-refractivity contribution in [1.82, 2.24) is 9.88 Å². The first kappa shape index (κ1) is 16.9. The average Bonchev–Trinajstić information content (AvgIpc) is 3.30. The van der Waals surface area contributed by atoms with Crippen molar-refractivity contribution in [2.75, 3.05) is 19.9 Å². The van der Waals surface area contributed by atoms with Crippen molar-refractivity contribution in [1.29, 1.82) is 0 Å². The number of rotatable bonds is 4. The first-order valence-corrected chi connectivity index (χ1v) is 9.11. The van der Waals surface area contributed by atoms with Crippen LogP contribution in [0.2, 0.25) is 0 Å². The number of fused-ring (bicyclic) bond motifs is 1. The number of halogens is 1. The standard InChI is InChI=1S/C19H17BrN2O4/c20-14-3-5-18(21-10-14)26-15-7-8-22(11-15)19(23)6-2-13-1-4-16-17(9-13)25-12-24-16/h1-6,9-10,15H,7-8,11-12H2/b6-2+. The molecule has 1 unspecified atom stereocenters. The van der Waals surface area contributed by atoms with Crippen molar-refractivity contribution in [2.24, 2.45) is 0 Å². The summed E-state index contributed by atoms with van der Waals surface area (Å²) >= 11 is 3.35. The van der Waals surface area contributed by atoms with Gasteiger partial charge in [-0.05, 0) is 45.8 Å². The highest BCUT2D eigenvalue weighted by atomic mass is 79.9. The van der Waals surface area contributed by atoms with Crippen LogP contribution in [0.5, 0.6) is 17.4 Å². The number of carbonyl (C=O) groups excluding carboxylic acids is 1. The number of likely N-dealkylation sites (tertiary alicyclic amines) is 1. The van der Waals surface area contributed by atoms with E-state index in [1.54, 1.807) is 23.2 Å². The highest BCUT2D eigenvalue weighted by Crippen LogP contribution is 2.32. The van der Waals surface area contributed by atoms with Gasteiger partial charge in [0.1, 0.15) is 6.10 Å². The Labute approximate surface area is 159 Å². The van der Waals surface area contributed by atoms with Crippen LogP contribution in [-0.4, -0.2) is 41.8 Å². The van der Waals surface area contributed by atoms with Crippen LogP contribution in [0.15, 0.2) is 47.1 Å². The summed E-state index contributed by atoms with van der Waals surface area (Å²) in [5, 5.41) is 0. The zero-order valence-electron chi connectivity index (χ0n) is 13.9. The Morgan fingerprint density at radius 1 is 1.27 bits per heavy atom. The van der Waals surface area contributed by atoms with Crippen LogP contribution >= 0.6 is 15.9 Å². The van der Waals surface area contributed by atoms with Gasteiger partial charge in [-0.3, -0.25) is 4.79 Å². The fourth-order valence-electron chi connectivity index (χ4n) is 2.92. The molecule has 3 heterocycles. The van der Waals surface area contributed by atoms with Crippen molar-refractivity contribution < 1.29 is 19.0 Å². The normalized spacial score (nSPS) is 18.5. The Morgan fingerprint density at radius 2 is 2.15 bits per heavy atom. The molecule has 4 rings (SSSR count). The van der Waals surface area contributed by atoms with Gasteiger partial charge in [-0.15, -0.1) is 0 Å². The van der Waals surface area contributed by atoms with Crippen LogP contribution in [0, 0.1) is 0 Å². The maximum Gasteiger partial charge on any atom is 0.246 e. The number of nitrogens with zero attached hydrogens (tertiary/aromatic N) is 2. The summed E-state index contributed by atoms with van der Waals surface area (Å²) in [5.74, 6) is 1.98. The molecule has 1 saturated heterocycles. The van der Waals surface area contributed by atoms with Crippen molar-refractivity contribution in [3.63, 3.8) is 0 Å². The number of amides is 1. The molecule has 2 aromatic rings. The van der Waals surface area contributed by atoms with Gasteiger partial charge >= 0.3 is 0 Å². The molecule has 0 N–H and O–H groups in total. The van der Waals surface area contributed by atoms with E-state index in [1.807, 2.05) is 30.3 Å². The van der Waals surface area contributed by atoms with E-state index >= 15 is 0 Å². The van der Waals surface area contributed by atoms with Crippen LogP contribution in [0.3, 0.4) is 0 Å². The van der Waals surface area contributed by atoms with Gasteiger partial charge in [0.05, 0.1) is 6.54 Å². The first-order valence-electron chi connectivity index (χ1n) is 8.32. The fraction of sp³-hybridized carbons (Fsp3) is 0.263. The molecule has 1 fully saturated rings. The summed E-state index contributed by atoms with van der Waals surface area (Å²) in [6, 6.07) is 9.30. The molecule has 0 bridgehead atoms. The maximum absolute atomic E-state index is 12.4. The fourth-order valence-corrected chi connectivity index (χ4v) is 3.15. The van der Waals surface area contributed by atoms with Gasteiger partial charge in [-0.25, -0.2) is 4.98 Å². The second kappa shape index (κ2) is 7.37. The third kappa shape index (κ3) is 3.83. The zero-order chi connectivity index (χ0) is 17.9. The van der Waals surface area contributed by atoms with E-state index in [-0.39, 0.29) is 18.8 Å². The van der Waals surface area contributed by atoms with Gasteiger partial charge in [0.2, 0.25) is 18.6 Å². The van der Waals surface area contributed by atoms with Crippen molar-refractivity contribution in [3.05, 3.63) is 52.6 Å². The monoisotopic (exact) mass is 416 g/mol. The third-order valence-electron chi connectivity index (χ3n) is 4.26. The molecular formula is C19H17BrN2O4. The summed E-state index contributed by atoms with van der Waals surface area (Å²) in [6.45, 7) is 1.47. The smallest absolute Gasteiger partial charge is 0.246 e. The molecule has 0 aliphatic carbocycles. The number of benzene rings is 1. The van der Waals surface area contributed by atoms with Gasteiger partial charge in [-0.1, -0.05) is 6.07 Å². The lowest BCUT2D eigenvalue weighted by atomic mass is 10.2. The van der Waals surface area contributed by atoms with E-state index in [0.29, 0.717) is 24.7 Å². The molecule has 2 aliphatic heterocycles. The molecule has 26 heavy (non-hydrogen) atoms. The van der Waals surface area contributed by atoms with Gasteiger partial charge in [0, 0.05) is 35.8 Å². The van der Waals surface area contributed by atoms with Crippen LogP contribution < -0.4 is 14.2 Å². The van der Waals surface area contributed by atoms with E-state index in [9.17, 15) is 4.79 Å². The molecule has 0 spiro atoms. The van der Waals surface area contributed by atoms with E-state index in [4.69, 9.17) is 14.2 Å². The third-order valence-corrected chi connectivity index (χ3v) is 4.73. The number of hydrogen-bond acceptors (Lipinski definition) is 5. The Hall–Kier alpha value is -2.54. The summed E-state index contributed by atoms with van der Waals surface area (Å²) in [4.78, 5) is 18.4. The zero-order valence-corrected chi connectivity index (χ0v) is 15.5. The van der Waals surface area contributed by atoms with Crippen LogP contribution in [-0.2, 0) is 4.79 Å². The van der Waals surface area contributed by atoms with E-state index in [2.05, 4.69) is 20.9 Å². The lowest BCUT2D eigenvalue weighted by Gasteiger charge is -2.15. The number of hydrogen-bond donors (Lipinski definition) is 0. The van der Waals surface area contributed by atoms with E-state index < -0.39 is 0 Å². The van der Waals surface area contributed by atoms with E-state index in [0.717, 1.165) is 22.2 Å². The van der Waals surface area contributed by atoms with E-state index in [1.165, 1.54) is 0 Å². The van der Waals surface area contributed by atoms with Crippen LogP contribution in [0.25, 0.3) is 6.08 Å². The van der Waals surface area contributed by atoms with Crippen LogP contribution in [0.1, 0.15) is 12.0 Å². The van der Waals surface area contributed by atoms with Gasteiger partial charge in [-0.2, -0.15) is 0 Å². The Balaban J connectivity index is 1.33. The van der Waals surface area contributed by atoms with Crippen molar-refractivity contribution >= 4 is 27.9 Å². The van der Waals surface area contributed by atoms with Gasteiger partial charge < -0.3 is 19.1 Å². The number of aromatic nitrogens is 1. The molecule has 1 aromatic heterocycles. The molecule has 1 aromatic carbocycles. The Bertz CT molecular complexity index is 838. The molecule has 6 nitrogen and oxygen atoms in total. The second-order valence-electron chi connectivity index (χ2n) is 6.07. The topological polar surface area (TPSA) is 60.9 Å². The highest BCUT2D eigenvalue weighted by Gasteiger charge is 2.26. The average molecular weight is 417 g/mol. The summed E-state index contributed by atoms with van der Waals surface area (Å²) in [6.07, 6.45) is 5.82. The SMILES string of the molecule is O=C(/C=C/c1ccc2c(c1)OCO2)N1CCC(Oc2ccc(Br)cn2)C1. The largest absolute Gasteiger partial charge is 0.472 e. The molecule has 0 saturated carbocycles. The molecule has 2 aliphatic rings. The molecule has 134 valence electrons. The number of ether oxygens (including phenoxy) is 3. The van der Waals surface area contributed by atoms with Crippen molar-refractivity contribution in [3.8, 4) is 17.4 Å². The van der Waals surface area contributed by atoms with Crippen molar-refractivity contribution in [2.45, 2.75) is 12.5 Å². The number of carbonyl (C=O) groups is 1. The maximum atomic E-state index is 12.4. The minimum absolute atomic E-state index is 0.0301. The molecular weight excluding hydrogens is 400 g/mol. The molecule has 7 heteroatoms. The second-order valence-corrected chi connectivity index (χ2v) is 6.99. The molecule has 0 radical (unpaired) electrons. The quantitative estimate of drug-likeness (QED) is 0.715. The molecule has 1 amide bonds. The summed E-state index contributed by atoms with van der Waals surface area (Å²) in [7, 11) is 0. The lowest BCUT2D eigenvalue weighted by Crippen LogP contribution is -2.29. The lowest BCUT2D eigenvalue weighted by molar-refractivity contribution is -0.125. The first-order chi connectivity index (χ1) is 12.7. The van der Waals surface area contributed by atoms with Crippen LogP contribution in [0.4, 0.5) is 0 Å². The molecule has 1 atom stereocenters. The predicted octanol–water partition coefficient (Wildman–Crippen LogP) is 3.27. The number of pyridine rings is 1. The Kier molecular flexibility index (Phi) is 4.79. The summed E-state index contributed by atoms with van der Waals surface area (Å²) < 4.78 is 17.4. The summed E-state index contributed by atoms with van der Waals surface area (Å²) in [5.41, 5.74) is 0.897. The van der Waals surface area contributed by atoms with Gasteiger partial charge in [0.15, 0.2) is 11.5 Å². The minimum atomic E-state index is -0.0356. The van der Waals surface area contributed by atoms with Gasteiger partial charge in [0.25, 0.3) is 0 Å². The Morgan fingerprint density at radius 3 is 3.00 bits per heavy atom.